The first-order chi connectivity index (χ1) is 9.79. The van der Waals surface area contributed by atoms with Crippen LogP contribution in [0.15, 0.2) is 35.7 Å². The zero-order valence-corrected chi connectivity index (χ0v) is 11.8. The molecule has 0 unspecified atom stereocenters. The second kappa shape index (κ2) is 5.85. The smallest absolute Gasteiger partial charge is 0.337 e. The van der Waals surface area contributed by atoms with Crippen molar-refractivity contribution in [3.05, 3.63) is 57.5 Å². The molecule has 7 heteroatoms. The summed E-state index contributed by atoms with van der Waals surface area (Å²) in [5, 5.41) is 1.84. The molecule has 0 saturated carbocycles. The molecule has 0 atom stereocenters. The van der Waals surface area contributed by atoms with Crippen molar-refractivity contribution in [3.63, 3.8) is 0 Å². The van der Waals surface area contributed by atoms with Gasteiger partial charge in [0.15, 0.2) is 0 Å². The van der Waals surface area contributed by atoms with Gasteiger partial charge in [-0.05, 0) is 29.6 Å². The number of halogens is 4. The van der Waals surface area contributed by atoms with Crippen LogP contribution < -0.4 is 0 Å². The van der Waals surface area contributed by atoms with Gasteiger partial charge in [0.05, 0.1) is 12.1 Å². The van der Waals surface area contributed by atoms with Crippen LogP contribution >= 0.6 is 11.3 Å². The Hall–Kier alpha value is -1.89. The molecule has 0 fully saturated rings. The van der Waals surface area contributed by atoms with Gasteiger partial charge in [0, 0.05) is 17.5 Å². The normalized spacial score (nSPS) is 11.5. The van der Waals surface area contributed by atoms with Gasteiger partial charge in [0.2, 0.25) is 0 Å². The quantitative estimate of drug-likeness (QED) is 0.778. The van der Waals surface area contributed by atoms with Crippen molar-refractivity contribution in [2.24, 2.45) is 0 Å². The molecule has 0 aliphatic rings. The van der Waals surface area contributed by atoms with Gasteiger partial charge in [-0.1, -0.05) is 6.07 Å². The van der Waals surface area contributed by atoms with Crippen LogP contribution in [0.5, 0.6) is 0 Å². The van der Waals surface area contributed by atoms with E-state index in [0.717, 1.165) is 10.9 Å². The fraction of sp³-hybridized carbons (Fsp3) is 0.214. The van der Waals surface area contributed by atoms with Gasteiger partial charge in [-0.25, -0.2) is 4.39 Å². The molecule has 0 radical (unpaired) electrons. The van der Waals surface area contributed by atoms with E-state index >= 15 is 0 Å². The molecule has 1 amide bonds. The Morgan fingerprint density at radius 3 is 2.57 bits per heavy atom. The summed E-state index contributed by atoms with van der Waals surface area (Å²) in [6, 6.07) is 5.90. The Bertz CT molecular complexity index is 637. The first kappa shape index (κ1) is 15.5. The van der Waals surface area contributed by atoms with Gasteiger partial charge in [-0.15, -0.1) is 11.3 Å². The van der Waals surface area contributed by atoms with Crippen molar-refractivity contribution in [1.29, 1.82) is 0 Å². The lowest BCUT2D eigenvalue weighted by Crippen LogP contribution is -2.26. The number of hydrogen-bond donors (Lipinski definition) is 0. The third kappa shape index (κ3) is 3.60. The summed E-state index contributed by atoms with van der Waals surface area (Å²) in [6.07, 6.45) is -4.83. The molecule has 0 saturated heterocycles. The average molecular weight is 317 g/mol. The summed E-state index contributed by atoms with van der Waals surface area (Å²) in [7, 11) is 1.48. The summed E-state index contributed by atoms with van der Waals surface area (Å²) in [4.78, 5) is 14.3. The molecule has 0 bridgehead atoms. The van der Waals surface area contributed by atoms with E-state index in [1.54, 1.807) is 0 Å². The zero-order chi connectivity index (χ0) is 15.6. The molecule has 1 heterocycles. The standard InChI is InChI=1S/C14H11F4NOS/c1-19(8-10-3-2-6-21-10)13(20)9-4-5-12(15)11(7-9)14(16,17)18/h2-7H,8H2,1H3. The van der Waals surface area contributed by atoms with Crippen molar-refractivity contribution < 1.29 is 22.4 Å². The van der Waals surface area contributed by atoms with Crippen molar-refractivity contribution in [2.75, 3.05) is 7.05 Å². The summed E-state index contributed by atoms with van der Waals surface area (Å²) in [5.41, 5.74) is -1.62. The molecule has 2 aromatic rings. The number of rotatable bonds is 3. The van der Waals surface area contributed by atoms with Gasteiger partial charge in [0.1, 0.15) is 5.82 Å². The van der Waals surface area contributed by atoms with E-state index in [1.165, 1.54) is 23.3 Å². The molecule has 0 aliphatic heterocycles. The minimum Gasteiger partial charge on any atom is -0.337 e. The molecule has 1 aromatic carbocycles. The van der Waals surface area contributed by atoms with Crippen LogP contribution in [0.3, 0.4) is 0 Å². The second-order valence-electron chi connectivity index (χ2n) is 4.43. The highest BCUT2D eigenvalue weighted by atomic mass is 32.1. The Balaban J connectivity index is 2.23. The van der Waals surface area contributed by atoms with E-state index < -0.39 is 23.5 Å². The van der Waals surface area contributed by atoms with Crippen molar-refractivity contribution in [2.45, 2.75) is 12.7 Å². The first-order valence-corrected chi connectivity index (χ1v) is 6.81. The maximum atomic E-state index is 13.2. The highest BCUT2D eigenvalue weighted by molar-refractivity contribution is 7.09. The van der Waals surface area contributed by atoms with Crippen molar-refractivity contribution in [3.8, 4) is 0 Å². The molecule has 2 nitrogen and oxygen atoms in total. The third-order valence-electron chi connectivity index (χ3n) is 2.84. The Morgan fingerprint density at radius 2 is 2.00 bits per heavy atom. The number of carbonyl (C=O) groups is 1. The highest BCUT2D eigenvalue weighted by Crippen LogP contribution is 2.32. The van der Waals surface area contributed by atoms with Gasteiger partial charge >= 0.3 is 6.18 Å². The lowest BCUT2D eigenvalue weighted by atomic mass is 10.1. The van der Waals surface area contributed by atoms with Crippen molar-refractivity contribution in [1.82, 2.24) is 4.90 Å². The van der Waals surface area contributed by atoms with Crippen LogP contribution in [-0.2, 0) is 12.7 Å². The number of hydrogen-bond acceptors (Lipinski definition) is 2. The van der Waals surface area contributed by atoms with Crippen LogP contribution in [0.1, 0.15) is 20.8 Å². The molecular weight excluding hydrogens is 306 g/mol. The highest BCUT2D eigenvalue weighted by Gasteiger charge is 2.34. The van der Waals surface area contributed by atoms with Crippen LogP contribution in [0.4, 0.5) is 17.6 Å². The minimum atomic E-state index is -4.83. The van der Waals surface area contributed by atoms with Gasteiger partial charge < -0.3 is 4.90 Å². The summed E-state index contributed by atoms with van der Waals surface area (Å²) in [6.45, 7) is 0.287. The largest absolute Gasteiger partial charge is 0.419 e. The fourth-order valence-electron chi connectivity index (χ4n) is 1.80. The van der Waals surface area contributed by atoms with E-state index in [-0.39, 0.29) is 12.1 Å². The number of alkyl halides is 3. The number of nitrogens with zero attached hydrogens (tertiary/aromatic N) is 1. The Morgan fingerprint density at radius 1 is 1.29 bits per heavy atom. The molecule has 112 valence electrons. The molecule has 0 spiro atoms. The van der Waals surface area contributed by atoms with E-state index in [4.69, 9.17) is 0 Å². The summed E-state index contributed by atoms with van der Waals surface area (Å²) >= 11 is 1.44. The first-order valence-electron chi connectivity index (χ1n) is 5.93. The lowest BCUT2D eigenvalue weighted by molar-refractivity contribution is -0.140. The van der Waals surface area contributed by atoms with Crippen molar-refractivity contribution >= 4 is 17.2 Å². The fourth-order valence-corrected chi connectivity index (χ4v) is 2.56. The SMILES string of the molecule is CN(Cc1cccs1)C(=O)c1ccc(F)c(C(F)(F)F)c1. The minimum absolute atomic E-state index is 0.192. The maximum absolute atomic E-state index is 13.2. The predicted molar refractivity (Wildman–Crippen MR) is 71.5 cm³/mol. The maximum Gasteiger partial charge on any atom is 0.419 e. The topological polar surface area (TPSA) is 20.3 Å². The van der Waals surface area contributed by atoms with Crippen LogP contribution in [0.25, 0.3) is 0 Å². The molecule has 1 aromatic heterocycles. The number of amides is 1. The number of thiophene rings is 1. The monoisotopic (exact) mass is 317 g/mol. The lowest BCUT2D eigenvalue weighted by Gasteiger charge is -2.17. The predicted octanol–water partition coefficient (Wildman–Crippen LogP) is 4.18. The zero-order valence-electron chi connectivity index (χ0n) is 10.9. The third-order valence-corrected chi connectivity index (χ3v) is 3.70. The summed E-state index contributed by atoms with van der Waals surface area (Å²) < 4.78 is 51.1. The van der Waals surface area contributed by atoms with Gasteiger partial charge in [-0.2, -0.15) is 13.2 Å². The van der Waals surface area contributed by atoms with E-state index in [2.05, 4.69) is 0 Å². The number of benzene rings is 1. The number of carbonyl (C=O) groups excluding carboxylic acids is 1. The van der Waals surface area contributed by atoms with Crippen LogP contribution in [0, 0.1) is 5.82 Å². The molecule has 2 rings (SSSR count). The van der Waals surface area contributed by atoms with Gasteiger partial charge in [-0.3, -0.25) is 4.79 Å². The van der Waals surface area contributed by atoms with Gasteiger partial charge in [0.25, 0.3) is 5.91 Å². The van der Waals surface area contributed by atoms with Crippen LogP contribution in [-0.4, -0.2) is 17.9 Å². The van der Waals surface area contributed by atoms with E-state index in [9.17, 15) is 22.4 Å². The second-order valence-corrected chi connectivity index (χ2v) is 5.47. The Labute approximate surface area is 122 Å². The molecular formula is C14H11F4NOS. The molecule has 0 N–H and O–H groups in total. The molecule has 0 aliphatic carbocycles. The summed E-state index contributed by atoms with van der Waals surface area (Å²) in [5.74, 6) is -1.98. The molecule has 21 heavy (non-hydrogen) atoms. The van der Waals surface area contributed by atoms with E-state index in [1.807, 2.05) is 17.5 Å². The van der Waals surface area contributed by atoms with Crippen LogP contribution in [0.2, 0.25) is 0 Å². The Kier molecular flexibility index (Phi) is 4.32. The average Bonchev–Trinajstić information content (AvgIpc) is 2.90. The van der Waals surface area contributed by atoms with E-state index in [0.29, 0.717) is 12.1 Å².